The lowest BCUT2D eigenvalue weighted by Crippen LogP contribution is -2.32. The zero-order valence-electron chi connectivity index (χ0n) is 12.1. The van der Waals surface area contributed by atoms with Gasteiger partial charge in [-0.3, -0.25) is 4.68 Å². The monoisotopic (exact) mass is 329 g/mol. The maximum absolute atomic E-state index is 6.55. The van der Waals surface area contributed by atoms with E-state index in [9.17, 15) is 0 Å². The van der Waals surface area contributed by atoms with E-state index in [0.717, 1.165) is 23.1 Å². The third kappa shape index (κ3) is 2.73. The molecular formula is C14H24BrN3O. The molecule has 1 aliphatic heterocycles. The number of rotatable bonds is 4. The van der Waals surface area contributed by atoms with Crippen LogP contribution in [0.15, 0.2) is 10.7 Å². The van der Waals surface area contributed by atoms with Crippen LogP contribution in [0.5, 0.6) is 0 Å². The van der Waals surface area contributed by atoms with Crippen LogP contribution in [0.4, 0.5) is 0 Å². The second-order valence-corrected chi connectivity index (χ2v) is 6.46. The normalized spacial score (nSPS) is 32.7. The lowest BCUT2D eigenvalue weighted by Gasteiger charge is -2.26. The van der Waals surface area contributed by atoms with E-state index >= 15 is 0 Å². The predicted octanol–water partition coefficient (Wildman–Crippen LogP) is 3.11. The van der Waals surface area contributed by atoms with E-state index in [0.29, 0.717) is 11.8 Å². The molecule has 19 heavy (non-hydrogen) atoms. The van der Waals surface area contributed by atoms with Crippen molar-refractivity contribution in [3.63, 3.8) is 0 Å². The van der Waals surface area contributed by atoms with E-state index < -0.39 is 0 Å². The Morgan fingerprint density at radius 3 is 2.63 bits per heavy atom. The van der Waals surface area contributed by atoms with Crippen LogP contribution >= 0.6 is 15.9 Å². The molecule has 0 bridgehead atoms. The quantitative estimate of drug-likeness (QED) is 0.923. The van der Waals surface area contributed by atoms with Crippen molar-refractivity contribution in [2.75, 3.05) is 0 Å². The summed E-state index contributed by atoms with van der Waals surface area (Å²) in [6.07, 6.45) is 3.36. The van der Waals surface area contributed by atoms with Gasteiger partial charge in [-0.05, 0) is 42.1 Å². The molecule has 0 radical (unpaired) electrons. The molecule has 5 unspecified atom stereocenters. The zero-order chi connectivity index (χ0) is 14.2. The number of hydrogen-bond acceptors (Lipinski definition) is 3. The topological polar surface area (TPSA) is 53.1 Å². The molecule has 0 spiro atoms. The summed E-state index contributed by atoms with van der Waals surface area (Å²) in [5, 5.41) is 4.42. The summed E-state index contributed by atoms with van der Waals surface area (Å²) < 4.78 is 8.95. The highest BCUT2D eigenvalue weighted by molar-refractivity contribution is 9.10. The highest BCUT2D eigenvalue weighted by Gasteiger charge is 2.42. The molecule has 0 aromatic carbocycles. The fourth-order valence-electron chi connectivity index (χ4n) is 3.19. The molecule has 1 saturated heterocycles. The molecular weight excluding hydrogens is 306 g/mol. The Labute approximate surface area is 123 Å². The maximum Gasteiger partial charge on any atom is 0.0697 e. The standard InChI is InChI=1S/C14H24BrN3O/c1-5-6-18-14(11(15)7-17-18)13(16)12-8(2)9(3)19-10(12)4/h7-10,12-13H,5-6,16H2,1-4H3. The van der Waals surface area contributed by atoms with E-state index in [1.54, 1.807) is 0 Å². The Bertz CT molecular complexity index is 434. The Kier molecular flexibility index (Phi) is 4.69. The van der Waals surface area contributed by atoms with Crippen LogP contribution in [0.3, 0.4) is 0 Å². The Morgan fingerprint density at radius 1 is 1.42 bits per heavy atom. The van der Waals surface area contributed by atoms with Crippen molar-refractivity contribution < 1.29 is 4.74 Å². The molecule has 5 atom stereocenters. The third-order valence-corrected chi connectivity index (χ3v) is 4.93. The highest BCUT2D eigenvalue weighted by atomic mass is 79.9. The molecule has 0 aliphatic carbocycles. The van der Waals surface area contributed by atoms with Crippen molar-refractivity contribution in [1.29, 1.82) is 0 Å². The van der Waals surface area contributed by atoms with Gasteiger partial charge < -0.3 is 10.5 Å². The summed E-state index contributed by atoms with van der Waals surface area (Å²) in [7, 11) is 0. The zero-order valence-corrected chi connectivity index (χ0v) is 13.7. The first-order valence-corrected chi connectivity index (χ1v) is 7.88. The van der Waals surface area contributed by atoms with Crippen molar-refractivity contribution in [2.24, 2.45) is 17.6 Å². The highest BCUT2D eigenvalue weighted by Crippen LogP contribution is 2.40. The molecule has 1 aliphatic rings. The number of nitrogens with two attached hydrogens (primary N) is 1. The van der Waals surface area contributed by atoms with Gasteiger partial charge in [0.25, 0.3) is 0 Å². The van der Waals surface area contributed by atoms with Gasteiger partial charge in [-0.2, -0.15) is 5.10 Å². The van der Waals surface area contributed by atoms with E-state index in [-0.39, 0.29) is 18.2 Å². The molecule has 1 fully saturated rings. The number of aromatic nitrogens is 2. The Morgan fingerprint density at radius 2 is 2.11 bits per heavy atom. The van der Waals surface area contributed by atoms with Gasteiger partial charge in [-0.1, -0.05) is 13.8 Å². The van der Waals surface area contributed by atoms with E-state index in [1.807, 2.05) is 10.9 Å². The maximum atomic E-state index is 6.55. The third-order valence-electron chi connectivity index (χ3n) is 4.32. The van der Waals surface area contributed by atoms with E-state index in [2.05, 4.69) is 48.7 Å². The molecule has 2 N–H and O–H groups in total. The van der Waals surface area contributed by atoms with E-state index in [1.165, 1.54) is 0 Å². The van der Waals surface area contributed by atoms with Crippen LogP contribution < -0.4 is 5.73 Å². The first kappa shape index (κ1) is 15.0. The first-order chi connectivity index (χ1) is 8.97. The summed E-state index contributed by atoms with van der Waals surface area (Å²) in [6.45, 7) is 9.54. The van der Waals surface area contributed by atoms with Gasteiger partial charge in [0.05, 0.1) is 34.6 Å². The molecule has 5 heteroatoms. The minimum absolute atomic E-state index is 0.0432. The lowest BCUT2D eigenvalue weighted by atomic mass is 9.82. The number of halogens is 1. The minimum atomic E-state index is -0.0432. The molecule has 1 aromatic rings. The van der Waals surface area contributed by atoms with Gasteiger partial charge in [0.15, 0.2) is 0 Å². The van der Waals surface area contributed by atoms with Crippen LogP contribution in [0.1, 0.15) is 45.9 Å². The number of aryl methyl sites for hydroxylation is 1. The van der Waals surface area contributed by atoms with Crippen LogP contribution in [0.25, 0.3) is 0 Å². The summed E-state index contributed by atoms with van der Waals surface area (Å²) in [6, 6.07) is -0.0432. The van der Waals surface area contributed by atoms with Crippen LogP contribution in [-0.4, -0.2) is 22.0 Å². The second kappa shape index (κ2) is 5.94. The largest absolute Gasteiger partial charge is 0.375 e. The van der Waals surface area contributed by atoms with Crippen molar-refractivity contribution in [2.45, 2.75) is 58.9 Å². The predicted molar refractivity (Wildman–Crippen MR) is 79.8 cm³/mol. The first-order valence-electron chi connectivity index (χ1n) is 7.09. The average Bonchev–Trinajstić information content (AvgIpc) is 2.81. The average molecular weight is 330 g/mol. The summed E-state index contributed by atoms with van der Waals surface area (Å²) in [5.41, 5.74) is 7.65. The summed E-state index contributed by atoms with van der Waals surface area (Å²) in [5.74, 6) is 0.792. The van der Waals surface area contributed by atoms with Gasteiger partial charge >= 0.3 is 0 Å². The molecule has 0 saturated carbocycles. The minimum Gasteiger partial charge on any atom is -0.375 e. The molecule has 1 aromatic heterocycles. The fourth-order valence-corrected chi connectivity index (χ4v) is 3.75. The smallest absolute Gasteiger partial charge is 0.0697 e. The van der Waals surface area contributed by atoms with Gasteiger partial charge in [-0.15, -0.1) is 0 Å². The van der Waals surface area contributed by atoms with Crippen molar-refractivity contribution in [3.8, 4) is 0 Å². The second-order valence-electron chi connectivity index (χ2n) is 5.61. The van der Waals surface area contributed by atoms with Crippen molar-refractivity contribution >= 4 is 15.9 Å². The fraction of sp³-hybridized carbons (Fsp3) is 0.786. The summed E-state index contributed by atoms with van der Waals surface area (Å²) in [4.78, 5) is 0. The molecule has 4 nitrogen and oxygen atoms in total. The number of nitrogens with zero attached hydrogens (tertiary/aromatic N) is 2. The summed E-state index contributed by atoms with van der Waals surface area (Å²) >= 11 is 3.59. The van der Waals surface area contributed by atoms with Crippen LogP contribution in [0, 0.1) is 11.8 Å². The SMILES string of the molecule is CCCn1ncc(Br)c1C(N)C1C(C)OC(C)C1C. The Balaban J connectivity index is 2.28. The van der Waals surface area contributed by atoms with E-state index in [4.69, 9.17) is 10.5 Å². The van der Waals surface area contributed by atoms with Gasteiger partial charge in [-0.25, -0.2) is 0 Å². The van der Waals surface area contributed by atoms with Gasteiger partial charge in [0.1, 0.15) is 0 Å². The molecule has 0 amide bonds. The van der Waals surface area contributed by atoms with Crippen molar-refractivity contribution in [3.05, 3.63) is 16.4 Å². The Hall–Kier alpha value is -0.390. The number of hydrogen-bond donors (Lipinski definition) is 1. The van der Waals surface area contributed by atoms with Gasteiger partial charge in [0.2, 0.25) is 0 Å². The number of ether oxygens (including phenoxy) is 1. The molecule has 108 valence electrons. The van der Waals surface area contributed by atoms with Crippen LogP contribution in [-0.2, 0) is 11.3 Å². The molecule has 2 rings (SSSR count). The lowest BCUT2D eigenvalue weighted by molar-refractivity contribution is 0.0486. The van der Waals surface area contributed by atoms with Crippen molar-refractivity contribution in [1.82, 2.24) is 9.78 Å². The molecule has 2 heterocycles. The van der Waals surface area contributed by atoms with Gasteiger partial charge in [0, 0.05) is 12.5 Å². The van der Waals surface area contributed by atoms with Crippen LogP contribution in [0.2, 0.25) is 0 Å².